The van der Waals surface area contributed by atoms with E-state index < -0.39 is 0 Å². The summed E-state index contributed by atoms with van der Waals surface area (Å²) in [7, 11) is 0. The maximum absolute atomic E-state index is 6.03. The van der Waals surface area contributed by atoms with Gasteiger partial charge in [-0.3, -0.25) is 0 Å². The molecule has 0 radical (unpaired) electrons. The van der Waals surface area contributed by atoms with E-state index in [-0.39, 0.29) is 0 Å². The van der Waals surface area contributed by atoms with Crippen molar-refractivity contribution in [2.45, 2.75) is 38.3 Å². The summed E-state index contributed by atoms with van der Waals surface area (Å²) in [5, 5.41) is 0. The molecule has 4 unspecified atom stereocenters. The van der Waals surface area contributed by atoms with Gasteiger partial charge in [-0.05, 0) is 25.2 Å². The molecule has 2 N–H and O–H groups in total. The highest BCUT2D eigenvalue weighted by molar-refractivity contribution is 4.91. The summed E-state index contributed by atoms with van der Waals surface area (Å²) >= 11 is 0. The Morgan fingerprint density at radius 1 is 1.36 bits per heavy atom. The molecule has 1 saturated carbocycles. The van der Waals surface area contributed by atoms with Gasteiger partial charge >= 0.3 is 0 Å². The number of nitrogens with two attached hydrogens (primary N) is 1. The van der Waals surface area contributed by atoms with Crippen molar-refractivity contribution in [1.82, 2.24) is 0 Å². The van der Waals surface area contributed by atoms with E-state index in [1.165, 1.54) is 19.3 Å². The number of rotatable bonds is 0. The van der Waals surface area contributed by atoms with Crippen LogP contribution >= 0.6 is 0 Å². The standard InChI is InChI=1S/C9H17NO/c1-6-5-11-8-4-2-3-7(10)9(6)8/h6-9H,2-5,10H2,1H3. The number of hydrogen-bond acceptors (Lipinski definition) is 2. The van der Waals surface area contributed by atoms with Crippen LogP contribution < -0.4 is 5.73 Å². The fraction of sp³-hybridized carbons (Fsp3) is 1.00. The lowest BCUT2D eigenvalue weighted by Gasteiger charge is -2.31. The molecule has 2 fully saturated rings. The molecule has 4 atom stereocenters. The topological polar surface area (TPSA) is 35.2 Å². The molecular weight excluding hydrogens is 138 g/mol. The molecule has 2 heteroatoms. The smallest absolute Gasteiger partial charge is 0.0621 e. The zero-order valence-corrected chi connectivity index (χ0v) is 7.12. The van der Waals surface area contributed by atoms with Gasteiger partial charge in [-0.25, -0.2) is 0 Å². The fourth-order valence-electron chi connectivity index (χ4n) is 2.58. The lowest BCUT2D eigenvalue weighted by atomic mass is 9.78. The molecule has 0 aromatic heterocycles. The van der Waals surface area contributed by atoms with Crippen molar-refractivity contribution < 1.29 is 4.74 Å². The zero-order valence-electron chi connectivity index (χ0n) is 7.12. The van der Waals surface area contributed by atoms with Crippen LogP contribution in [0.1, 0.15) is 26.2 Å². The minimum Gasteiger partial charge on any atom is -0.378 e. The molecule has 2 nitrogen and oxygen atoms in total. The SMILES string of the molecule is CC1COC2CCCC(N)C12. The van der Waals surface area contributed by atoms with Gasteiger partial charge in [-0.2, -0.15) is 0 Å². The van der Waals surface area contributed by atoms with Gasteiger partial charge in [0.2, 0.25) is 0 Å². The third kappa shape index (κ3) is 1.18. The molecule has 0 aromatic rings. The third-order valence-corrected chi connectivity index (χ3v) is 3.18. The molecule has 0 spiro atoms. The normalized spacial score (nSPS) is 50.7. The second-order valence-electron chi connectivity index (χ2n) is 4.02. The summed E-state index contributed by atoms with van der Waals surface area (Å²) in [4.78, 5) is 0. The first-order valence-electron chi connectivity index (χ1n) is 4.66. The van der Waals surface area contributed by atoms with Crippen LogP contribution in [-0.4, -0.2) is 18.8 Å². The Kier molecular flexibility index (Phi) is 1.90. The summed E-state index contributed by atoms with van der Waals surface area (Å²) in [5.74, 6) is 1.35. The molecule has 1 aliphatic carbocycles. The zero-order chi connectivity index (χ0) is 7.84. The first-order chi connectivity index (χ1) is 5.29. The molecule has 1 saturated heterocycles. The summed E-state index contributed by atoms with van der Waals surface area (Å²) in [6.07, 6.45) is 4.20. The highest BCUT2D eigenvalue weighted by Gasteiger charge is 2.40. The van der Waals surface area contributed by atoms with E-state index in [1.807, 2.05) is 0 Å². The van der Waals surface area contributed by atoms with E-state index in [4.69, 9.17) is 10.5 Å². The van der Waals surface area contributed by atoms with E-state index >= 15 is 0 Å². The van der Waals surface area contributed by atoms with Crippen molar-refractivity contribution in [3.05, 3.63) is 0 Å². The maximum Gasteiger partial charge on any atom is 0.0621 e. The average molecular weight is 155 g/mol. The van der Waals surface area contributed by atoms with E-state index in [2.05, 4.69) is 6.92 Å². The Labute approximate surface area is 68.1 Å². The van der Waals surface area contributed by atoms with Gasteiger partial charge in [0.05, 0.1) is 6.10 Å². The lowest BCUT2D eigenvalue weighted by molar-refractivity contribution is 0.0593. The maximum atomic E-state index is 6.03. The van der Waals surface area contributed by atoms with Crippen LogP contribution in [0, 0.1) is 11.8 Å². The van der Waals surface area contributed by atoms with Gasteiger partial charge in [0.1, 0.15) is 0 Å². The predicted octanol–water partition coefficient (Wildman–Crippen LogP) is 1.15. The largest absolute Gasteiger partial charge is 0.378 e. The fourth-order valence-corrected chi connectivity index (χ4v) is 2.58. The van der Waals surface area contributed by atoms with Gasteiger partial charge in [0, 0.05) is 18.6 Å². The van der Waals surface area contributed by atoms with Gasteiger partial charge in [0.15, 0.2) is 0 Å². The third-order valence-electron chi connectivity index (χ3n) is 3.18. The van der Waals surface area contributed by atoms with Gasteiger partial charge in [-0.15, -0.1) is 0 Å². The minimum atomic E-state index is 0.409. The molecule has 2 aliphatic rings. The van der Waals surface area contributed by atoms with Crippen molar-refractivity contribution in [1.29, 1.82) is 0 Å². The number of ether oxygens (including phenoxy) is 1. The quantitative estimate of drug-likeness (QED) is 0.569. The highest BCUT2D eigenvalue weighted by atomic mass is 16.5. The summed E-state index contributed by atoms with van der Waals surface area (Å²) in [6, 6.07) is 0.409. The average Bonchev–Trinajstić information content (AvgIpc) is 2.34. The van der Waals surface area contributed by atoms with Gasteiger partial charge < -0.3 is 10.5 Å². The van der Waals surface area contributed by atoms with E-state index in [9.17, 15) is 0 Å². The van der Waals surface area contributed by atoms with Crippen LogP contribution in [-0.2, 0) is 4.74 Å². The van der Waals surface area contributed by atoms with Gasteiger partial charge in [-0.1, -0.05) is 6.92 Å². The Morgan fingerprint density at radius 3 is 2.91 bits per heavy atom. The van der Waals surface area contributed by atoms with Crippen LogP contribution in [0.5, 0.6) is 0 Å². The summed E-state index contributed by atoms with van der Waals surface area (Å²) in [6.45, 7) is 3.19. The van der Waals surface area contributed by atoms with Crippen LogP contribution in [0.3, 0.4) is 0 Å². The van der Waals surface area contributed by atoms with Crippen LogP contribution in [0.2, 0.25) is 0 Å². The first kappa shape index (κ1) is 7.56. The van der Waals surface area contributed by atoms with Crippen molar-refractivity contribution in [2.75, 3.05) is 6.61 Å². The molecule has 1 aliphatic heterocycles. The summed E-state index contributed by atoms with van der Waals surface area (Å²) < 4.78 is 5.66. The molecule has 0 amide bonds. The molecule has 1 heterocycles. The molecule has 64 valence electrons. The second-order valence-corrected chi connectivity index (χ2v) is 4.02. The predicted molar refractivity (Wildman–Crippen MR) is 44.2 cm³/mol. The van der Waals surface area contributed by atoms with Crippen molar-refractivity contribution in [3.8, 4) is 0 Å². The van der Waals surface area contributed by atoms with Crippen molar-refractivity contribution in [3.63, 3.8) is 0 Å². The van der Waals surface area contributed by atoms with E-state index in [0.717, 1.165) is 6.61 Å². The monoisotopic (exact) mass is 155 g/mol. The summed E-state index contributed by atoms with van der Waals surface area (Å²) in [5.41, 5.74) is 6.03. The molecule has 0 aromatic carbocycles. The Bertz CT molecular complexity index is 146. The van der Waals surface area contributed by atoms with Crippen molar-refractivity contribution in [2.24, 2.45) is 17.6 Å². The molecule has 11 heavy (non-hydrogen) atoms. The lowest BCUT2D eigenvalue weighted by Crippen LogP contribution is -2.41. The van der Waals surface area contributed by atoms with E-state index in [1.54, 1.807) is 0 Å². The molecule has 0 bridgehead atoms. The van der Waals surface area contributed by atoms with Crippen LogP contribution in [0.4, 0.5) is 0 Å². The van der Waals surface area contributed by atoms with E-state index in [0.29, 0.717) is 24.0 Å². The van der Waals surface area contributed by atoms with Crippen LogP contribution in [0.25, 0.3) is 0 Å². The molecular formula is C9H17NO. The minimum absolute atomic E-state index is 0.409. The van der Waals surface area contributed by atoms with Gasteiger partial charge in [0.25, 0.3) is 0 Å². The first-order valence-corrected chi connectivity index (χ1v) is 4.66. The van der Waals surface area contributed by atoms with Crippen molar-refractivity contribution >= 4 is 0 Å². The highest BCUT2D eigenvalue weighted by Crippen LogP contribution is 2.36. The molecule has 2 rings (SSSR count). The Morgan fingerprint density at radius 2 is 2.18 bits per heavy atom. The Hall–Kier alpha value is -0.0800. The Balaban J connectivity index is 2.08. The second kappa shape index (κ2) is 2.76. The number of fused-ring (bicyclic) bond motifs is 1. The van der Waals surface area contributed by atoms with Crippen LogP contribution in [0.15, 0.2) is 0 Å². The number of hydrogen-bond donors (Lipinski definition) is 1.